The van der Waals surface area contributed by atoms with Crippen molar-refractivity contribution >= 4 is 5.91 Å². The van der Waals surface area contributed by atoms with Gasteiger partial charge in [0, 0.05) is 12.1 Å². The van der Waals surface area contributed by atoms with Crippen LogP contribution in [0.4, 0.5) is 13.2 Å². The second-order valence-corrected chi connectivity index (χ2v) is 4.87. The van der Waals surface area contributed by atoms with Crippen LogP contribution >= 0.6 is 0 Å². The molecule has 0 radical (unpaired) electrons. The molecular weight excluding hydrogens is 257 g/mol. The molecule has 0 spiro atoms. The van der Waals surface area contributed by atoms with E-state index in [-0.39, 0.29) is 5.56 Å². The summed E-state index contributed by atoms with van der Waals surface area (Å²) in [7, 11) is 0. The molecule has 2 rings (SSSR count). The SMILES string of the molecule is NCC1(NC(=O)c2cccc(C(F)(F)F)c2)CCC1. The minimum atomic E-state index is -4.45. The maximum absolute atomic E-state index is 12.6. The van der Waals surface area contributed by atoms with Gasteiger partial charge in [0.1, 0.15) is 0 Å². The average molecular weight is 272 g/mol. The lowest BCUT2D eigenvalue weighted by Crippen LogP contribution is -2.58. The third-order valence-corrected chi connectivity index (χ3v) is 3.53. The molecular formula is C13H15F3N2O. The summed E-state index contributed by atoms with van der Waals surface area (Å²) in [6.07, 6.45) is -1.93. The Balaban J connectivity index is 2.15. The van der Waals surface area contributed by atoms with Crippen LogP contribution in [0.25, 0.3) is 0 Å². The summed E-state index contributed by atoms with van der Waals surface area (Å²) in [5.74, 6) is -0.503. The van der Waals surface area contributed by atoms with E-state index >= 15 is 0 Å². The number of benzene rings is 1. The standard InChI is InChI=1S/C13H15F3N2O/c14-13(15,16)10-4-1-3-9(7-10)11(19)18-12(8-17)5-2-6-12/h1,3-4,7H,2,5-6,8,17H2,(H,18,19). The van der Waals surface area contributed by atoms with E-state index in [2.05, 4.69) is 5.32 Å². The zero-order valence-corrected chi connectivity index (χ0v) is 10.3. The number of rotatable bonds is 3. The molecule has 1 aliphatic rings. The molecule has 1 aliphatic carbocycles. The summed E-state index contributed by atoms with van der Waals surface area (Å²) in [6, 6.07) is 4.40. The molecule has 1 saturated carbocycles. The van der Waals surface area contributed by atoms with E-state index in [9.17, 15) is 18.0 Å². The van der Waals surface area contributed by atoms with Crippen LogP contribution in [-0.2, 0) is 6.18 Å². The van der Waals surface area contributed by atoms with Gasteiger partial charge in [-0.2, -0.15) is 13.2 Å². The Kier molecular flexibility index (Phi) is 3.54. The number of alkyl halides is 3. The lowest BCUT2D eigenvalue weighted by Gasteiger charge is -2.41. The van der Waals surface area contributed by atoms with Gasteiger partial charge in [0.15, 0.2) is 0 Å². The maximum Gasteiger partial charge on any atom is 0.416 e. The zero-order chi connectivity index (χ0) is 14.1. The molecule has 1 aromatic rings. The highest BCUT2D eigenvalue weighted by atomic mass is 19.4. The third kappa shape index (κ3) is 2.89. The van der Waals surface area contributed by atoms with Crippen molar-refractivity contribution in [3.63, 3.8) is 0 Å². The predicted molar refractivity (Wildman–Crippen MR) is 64.5 cm³/mol. The Labute approximate surface area is 109 Å². The van der Waals surface area contributed by atoms with E-state index in [1.54, 1.807) is 0 Å². The first-order valence-electron chi connectivity index (χ1n) is 6.06. The van der Waals surface area contributed by atoms with Crippen molar-refractivity contribution in [2.45, 2.75) is 31.0 Å². The van der Waals surface area contributed by atoms with Gasteiger partial charge < -0.3 is 11.1 Å². The Morgan fingerprint density at radius 3 is 2.53 bits per heavy atom. The number of carbonyl (C=O) groups excluding carboxylic acids is 1. The Bertz CT molecular complexity index is 476. The molecule has 104 valence electrons. The summed E-state index contributed by atoms with van der Waals surface area (Å²) in [5.41, 5.74) is 4.35. The fraction of sp³-hybridized carbons (Fsp3) is 0.462. The Morgan fingerprint density at radius 2 is 2.05 bits per heavy atom. The summed E-state index contributed by atoms with van der Waals surface area (Å²) in [6.45, 7) is 0.303. The molecule has 1 fully saturated rings. The first-order valence-corrected chi connectivity index (χ1v) is 6.06. The molecule has 0 saturated heterocycles. The fourth-order valence-corrected chi connectivity index (χ4v) is 2.13. The van der Waals surface area contributed by atoms with Crippen LogP contribution in [0.5, 0.6) is 0 Å². The highest BCUT2D eigenvalue weighted by molar-refractivity contribution is 5.95. The highest BCUT2D eigenvalue weighted by Crippen LogP contribution is 2.32. The highest BCUT2D eigenvalue weighted by Gasteiger charge is 2.37. The minimum absolute atomic E-state index is 0.00884. The Morgan fingerprint density at radius 1 is 1.37 bits per heavy atom. The molecule has 0 unspecified atom stereocenters. The summed E-state index contributed by atoms with van der Waals surface area (Å²) in [4.78, 5) is 12.0. The summed E-state index contributed by atoms with van der Waals surface area (Å²) >= 11 is 0. The smallest absolute Gasteiger partial charge is 0.345 e. The first kappa shape index (κ1) is 13.9. The largest absolute Gasteiger partial charge is 0.416 e. The number of hydrogen-bond donors (Lipinski definition) is 2. The monoisotopic (exact) mass is 272 g/mol. The fourth-order valence-electron chi connectivity index (χ4n) is 2.13. The van der Waals surface area contributed by atoms with E-state index in [0.717, 1.165) is 31.4 Å². The molecule has 0 bridgehead atoms. The number of nitrogens with two attached hydrogens (primary N) is 1. The molecule has 3 nitrogen and oxygen atoms in total. The third-order valence-electron chi connectivity index (χ3n) is 3.53. The van der Waals surface area contributed by atoms with E-state index in [0.29, 0.717) is 6.54 Å². The van der Waals surface area contributed by atoms with Gasteiger partial charge in [-0.05, 0) is 37.5 Å². The average Bonchev–Trinajstić information content (AvgIpc) is 2.32. The number of carbonyl (C=O) groups is 1. The predicted octanol–water partition coefficient (Wildman–Crippen LogP) is 2.32. The van der Waals surface area contributed by atoms with Gasteiger partial charge in [-0.25, -0.2) is 0 Å². The van der Waals surface area contributed by atoms with Crippen molar-refractivity contribution in [1.29, 1.82) is 0 Å². The van der Waals surface area contributed by atoms with Crippen LogP contribution < -0.4 is 11.1 Å². The number of hydrogen-bond acceptors (Lipinski definition) is 2. The quantitative estimate of drug-likeness (QED) is 0.887. The zero-order valence-electron chi connectivity index (χ0n) is 10.3. The van der Waals surface area contributed by atoms with E-state index in [1.165, 1.54) is 12.1 Å². The lowest BCUT2D eigenvalue weighted by atomic mass is 9.76. The number of halogens is 3. The molecule has 0 aliphatic heterocycles. The maximum atomic E-state index is 12.6. The minimum Gasteiger partial charge on any atom is -0.345 e. The van der Waals surface area contributed by atoms with Crippen molar-refractivity contribution < 1.29 is 18.0 Å². The first-order chi connectivity index (χ1) is 8.86. The molecule has 19 heavy (non-hydrogen) atoms. The van der Waals surface area contributed by atoms with Gasteiger partial charge >= 0.3 is 6.18 Å². The van der Waals surface area contributed by atoms with Crippen molar-refractivity contribution in [3.8, 4) is 0 Å². The van der Waals surface area contributed by atoms with Crippen LogP contribution in [0.2, 0.25) is 0 Å². The van der Waals surface area contributed by atoms with E-state index in [4.69, 9.17) is 5.73 Å². The summed E-state index contributed by atoms with van der Waals surface area (Å²) < 4.78 is 37.7. The summed E-state index contributed by atoms with van der Waals surface area (Å²) in [5, 5.41) is 2.74. The second-order valence-electron chi connectivity index (χ2n) is 4.87. The van der Waals surface area contributed by atoms with Gasteiger partial charge in [0.05, 0.1) is 11.1 Å². The molecule has 6 heteroatoms. The van der Waals surface area contributed by atoms with Gasteiger partial charge in [-0.3, -0.25) is 4.79 Å². The van der Waals surface area contributed by atoms with Crippen molar-refractivity contribution in [3.05, 3.63) is 35.4 Å². The number of amides is 1. The van der Waals surface area contributed by atoms with Crippen LogP contribution in [0, 0.1) is 0 Å². The molecule has 0 aromatic heterocycles. The van der Waals surface area contributed by atoms with Crippen LogP contribution in [0.3, 0.4) is 0 Å². The Hall–Kier alpha value is -1.56. The van der Waals surface area contributed by atoms with Gasteiger partial charge in [0.25, 0.3) is 5.91 Å². The van der Waals surface area contributed by atoms with Crippen LogP contribution in [-0.4, -0.2) is 18.0 Å². The van der Waals surface area contributed by atoms with Gasteiger partial charge in [-0.15, -0.1) is 0 Å². The van der Waals surface area contributed by atoms with Crippen molar-refractivity contribution in [2.24, 2.45) is 5.73 Å². The van der Waals surface area contributed by atoms with Gasteiger partial charge in [0.2, 0.25) is 0 Å². The molecule has 3 N–H and O–H groups in total. The molecule has 0 atom stereocenters. The van der Waals surface area contributed by atoms with Crippen molar-refractivity contribution in [2.75, 3.05) is 6.54 Å². The molecule has 0 heterocycles. The van der Waals surface area contributed by atoms with E-state index in [1.807, 2.05) is 0 Å². The normalized spacial score (nSPS) is 17.7. The van der Waals surface area contributed by atoms with Gasteiger partial charge in [-0.1, -0.05) is 6.07 Å². The number of nitrogens with one attached hydrogen (secondary N) is 1. The lowest BCUT2D eigenvalue weighted by molar-refractivity contribution is -0.137. The van der Waals surface area contributed by atoms with Crippen LogP contribution in [0.15, 0.2) is 24.3 Å². The van der Waals surface area contributed by atoms with Crippen LogP contribution in [0.1, 0.15) is 35.2 Å². The van der Waals surface area contributed by atoms with Crippen molar-refractivity contribution in [1.82, 2.24) is 5.32 Å². The topological polar surface area (TPSA) is 55.1 Å². The molecule has 1 aromatic carbocycles. The van der Waals surface area contributed by atoms with E-state index < -0.39 is 23.2 Å². The molecule has 1 amide bonds. The second kappa shape index (κ2) is 4.85.